The molecule has 0 radical (unpaired) electrons. The fourth-order valence-corrected chi connectivity index (χ4v) is 3.22. The van der Waals surface area contributed by atoms with Crippen molar-refractivity contribution in [2.75, 3.05) is 25.6 Å². The van der Waals surface area contributed by atoms with Crippen LogP contribution in [0, 0.1) is 6.92 Å². The number of nitrogens with two attached hydrogens (primary N) is 1. The Labute approximate surface area is 126 Å². The molecule has 0 bridgehead atoms. The van der Waals surface area contributed by atoms with Crippen LogP contribution in [0.5, 0.6) is 0 Å². The standard InChI is InChI=1S/C13H18N4O3S/c1-3-19-13(4-6-18-7-5-13)12-15-11(20-16-12)9-8(2)17-21-10(9)14/h3-7,14H2,1-2H3. The Morgan fingerprint density at radius 2 is 2.14 bits per heavy atom. The van der Waals surface area contributed by atoms with Gasteiger partial charge in [0.2, 0.25) is 5.82 Å². The number of hydrogen-bond acceptors (Lipinski definition) is 8. The molecular weight excluding hydrogens is 292 g/mol. The third kappa shape index (κ3) is 2.54. The van der Waals surface area contributed by atoms with Crippen LogP contribution in [-0.2, 0) is 15.1 Å². The van der Waals surface area contributed by atoms with Gasteiger partial charge < -0.3 is 19.7 Å². The fourth-order valence-electron chi connectivity index (χ4n) is 2.57. The van der Waals surface area contributed by atoms with Crippen LogP contribution in [0.3, 0.4) is 0 Å². The maximum Gasteiger partial charge on any atom is 0.262 e. The molecule has 3 heterocycles. The zero-order valence-corrected chi connectivity index (χ0v) is 12.9. The van der Waals surface area contributed by atoms with Gasteiger partial charge >= 0.3 is 0 Å². The molecule has 0 unspecified atom stereocenters. The van der Waals surface area contributed by atoms with Crippen LogP contribution in [0.25, 0.3) is 11.5 Å². The van der Waals surface area contributed by atoms with E-state index in [1.54, 1.807) is 0 Å². The lowest BCUT2D eigenvalue weighted by Gasteiger charge is -2.33. The molecule has 7 nitrogen and oxygen atoms in total. The summed E-state index contributed by atoms with van der Waals surface area (Å²) in [6, 6.07) is 0. The quantitative estimate of drug-likeness (QED) is 0.923. The van der Waals surface area contributed by atoms with Crippen molar-refractivity contribution in [1.82, 2.24) is 14.5 Å². The Morgan fingerprint density at radius 1 is 1.38 bits per heavy atom. The van der Waals surface area contributed by atoms with Gasteiger partial charge in [0.25, 0.3) is 5.89 Å². The summed E-state index contributed by atoms with van der Waals surface area (Å²) in [5.74, 6) is 0.965. The summed E-state index contributed by atoms with van der Waals surface area (Å²) in [6.45, 7) is 5.68. The van der Waals surface area contributed by atoms with E-state index < -0.39 is 5.60 Å². The molecule has 2 N–H and O–H groups in total. The summed E-state index contributed by atoms with van der Waals surface area (Å²) in [6.07, 6.45) is 1.44. The molecule has 1 saturated heterocycles. The van der Waals surface area contributed by atoms with Gasteiger partial charge in [0.05, 0.1) is 11.3 Å². The number of ether oxygens (including phenoxy) is 2. The first kappa shape index (κ1) is 14.4. The van der Waals surface area contributed by atoms with Gasteiger partial charge in [-0.15, -0.1) is 0 Å². The second-order valence-corrected chi connectivity index (χ2v) is 5.78. The highest BCUT2D eigenvalue weighted by Crippen LogP contribution is 2.37. The highest BCUT2D eigenvalue weighted by Gasteiger charge is 2.40. The number of aromatic nitrogens is 3. The van der Waals surface area contributed by atoms with E-state index in [0.717, 1.165) is 24.1 Å². The summed E-state index contributed by atoms with van der Waals surface area (Å²) >= 11 is 1.23. The molecule has 0 aromatic carbocycles. The van der Waals surface area contributed by atoms with E-state index in [9.17, 15) is 0 Å². The molecule has 8 heteroatoms. The molecule has 0 aliphatic carbocycles. The minimum Gasteiger partial charge on any atom is -0.389 e. The SMILES string of the molecule is CCOC1(c2noc(-c3c(C)nsc3N)n2)CCOCC1. The van der Waals surface area contributed by atoms with Crippen molar-refractivity contribution in [3.8, 4) is 11.5 Å². The fraction of sp³-hybridized carbons (Fsp3) is 0.615. The van der Waals surface area contributed by atoms with E-state index in [1.165, 1.54) is 11.5 Å². The highest BCUT2D eigenvalue weighted by molar-refractivity contribution is 7.10. The number of anilines is 1. The molecule has 2 aromatic heterocycles. The lowest BCUT2D eigenvalue weighted by molar-refractivity contribution is -0.118. The number of aryl methyl sites for hydroxylation is 1. The average molecular weight is 310 g/mol. The van der Waals surface area contributed by atoms with Crippen LogP contribution in [0.2, 0.25) is 0 Å². The van der Waals surface area contributed by atoms with Gasteiger partial charge in [-0.25, -0.2) is 0 Å². The normalized spacial score (nSPS) is 18.0. The van der Waals surface area contributed by atoms with Crippen molar-refractivity contribution < 1.29 is 14.0 Å². The summed E-state index contributed by atoms with van der Waals surface area (Å²) in [7, 11) is 0. The second kappa shape index (κ2) is 5.70. The number of hydrogen-bond donors (Lipinski definition) is 1. The Morgan fingerprint density at radius 3 is 2.76 bits per heavy atom. The van der Waals surface area contributed by atoms with Crippen LogP contribution >= 0.6 is 11.5 Å². The Balaban J connectivity index is 1.96. The molecule has 1 aliphatic rings. The molecule has 0 saturated carbocycles. The van der Waals surface area contributed by atoms with Gasteiger partial charge in [-0.2, -0.15) is 9.36 Å². The van der Waals surface area contributed by atoms with Crippen LogP contribution in [0.4, 0.5) is 5.00 Å². The molecule has 3 rings (SSSR count). The Hall–Kier alpha value is -1.51. The lowest BCUT2D eigenvalue weighted by Crippen LogP contribution is -2.37. The zero-order valence-electron chi connectivity index (χ0n) is 12.1. The van der Waals surface area contributed by atoms with E-state index >= 15 is 0 Å². The molecule has 114 valence electrons. The minimum atomic E-state index is -0.527. The zero-order chi connectivity index (χ0) is 14.9. The number of rotatable bonds is 4. The predicted octanol–water partition coefficient (Wildman–Crippen LogP) is 2.13. The van der Waals surface area contributed by atoms with E-state index in [0.29, 0.717) is 36.5 Å². The van der Waals surface area contributed by atoms with Crippen LogP contribution in [0.1, 0.15) is 31.3 Å². The summed E-state index contributed by atoms with van der Waals surface area (Å²) < 4.78 is 21.0. The molecule has 1 aliphatic heterocycles. The van der Waals surface area contributed by atoms with Crippen molar-refractivity contribution in [3.05, 3.63) is 11.5 Å². The maximum atomic E-state index is 5.94. The second-order valence-electron chi connectivity index (χ2n) is 4.97. The van der Waals surface area contributed by atoms with Gasteiger partial charge in [0, 0.05) is 32.7 Å². The molecule has 21 heavy (non-hydrogen) atoms. The summed E-state index contributed by atoms with van der Waals surface area (Å²) in [5, 5.41) is 4.71. The van der Waals surface area contributed by atoms with Crippen molar-refractivity contribution in [3.63, 3.8) is 0 Å². The van der Waals surface area contributed by atoms with Crippen molar-refractivity contribution >= 4 is 16.5 Å². The molecule has 0 spiro atoms. The van der Waals surface area contributed by atoms with Gasteiger partial charge in [0.15, 0.2) is 0 Å². The van der Waals surface area contributed by atoms with Crippen LogP contribution < -0.4 is 5.73 Å². The summed E-state index contributed by atoms with van der Waals surface area (Å²) in [4.78, 5) is 4.52. The molecule has 2 aromatic rings. The monoisotopic (exact) mass is 310 g/mol. The Kier molecular flexibility index (Phi) is 3.92. The molecular formula is C13H18N4O3S. The van der Waals surface area contributed by atoms with Gasteiger partial charge in [-0.3, -0.25) is 0 Å². The van der Waals surface area contributed by atoms with Gasteiger partial charge in [-0.1, -0.05) is 5.16 Å². The maximum absolute atomic E-state index is 5.94. The largest absolute Gasteiger partial charge is 0.389 e. The van der Waals surface area contributed by atoms with E-state index in [1.807, 2.05) is 13.8 Å². The Bertz CT molecular complexity index is 594. The first-order valence-corrected chi connectivity index (χ1v) is 7.71. The average Bonchev–Trinajstić information content (AvgIpc) is 3.08. The number of nitrogens with zero attached hydrogens (tertiary/aromatic N) is 3. The van der Waals surface area contributed by atoms with Crippen molar-refractivity contribution in [2.45, 2.75) is 32.3 Å². The van der Waals surface area contributed by atoms with E-state index in [4.69, 9.17) is 19.7 Å². The number of nitrogen functional groups attached to an aromatic ring is 1. The molecule has 0 atom stereocenters. The topological polar surface area (TPSA) is 96.3 Å². The first-order valence-electron chi connectivity index (χ1n) is 6.94. The van der Waals surface area contributed by atoms with Crippen LogP contribution in [0.15, 0.2) is 4.52 Å². The van der Waals surface area contributed by atoms with Gasteiger partial charge in [-0.05, 0) is 25.4 Å². The smallest absolute Gasteiger partial charge is 0.262 e. The molecule has 0 amide bonds. The van der Waals surface area contributed by atoms with Crippen molar-refractivity contribution in [1.29, 1.82) is 0 Å². The third-order valence-corrected chi connectivity index (χ3v) is 4.42. The first-order chi connectivity index (χ1) is 10.2. The highest BCUT2D eigenvalue weighted by atomic mass is 32.1. The lowest BCUT2D eigenvalue weighted by atomic mass is 9.93. The molecule has 1 fully saturated rings. The van der Waals surface area contributed by atoms with Crippen molar-refractivity contribution in [2.24, 2.45) is 0 Å². The third-order valence-electron chi connectivity index (χ3n) is 3.66. The van der Waals surface area contributed by atoms with E-state index in [2.05, 4.69) is 14.5 Å². The predicted molar refractivity (Wildman–Crippen MR) is 77.9 cm³/mol. The van der Waals surface area contributed by atoms with E-state index in [-0.39, 0.29) is 0 Å². The summed E-state index contributed by atoms with van der Waals surface area (Å²) in [5.41, 5.74) is 6.92. The van der Waals surface area contributed by atoms with Crippen LogP contribution in [-0.4, -0.2) is 34.3 Å². The van der Waals surface area contributed by atoms with Gasteiger partial charge in [0.1, 0.15) is 10.6 Å². The minimum absolute atomic E-state index is 0.402.